The van der Waals surface area contributed by atoms with E-state index in [1.54, 1.807) is 12.1 Å². The first-order valence-electron chi connectivity index (χ1n) is 7.35. The van der Waals surface area contributed by atoms with E-state index in [0.717, 1.165) is 22.2 Å². The Bertz CT molecular complexity index is 842. The summed E-state index contributed by atoms with van der Waals surface area (Å²) in [5, 5.41) is 3.88. The molecule has 0 atom stereocenters. The molecule has 1 aromatic heterocycles. The number of H-pyrrole nitrogens is 1. The zero-order valence-electron chi connectivity index (χ0n) is 12.7. The van der Waals surface area contributed by atoms with E-state index in [0.29, 0.717) is 6.54 Å². The van der Waals surface area contributed by atoms with Crippen LogP contribution in [0.3, 0.4) is 0 Å². The van der Waals surface area contributed by atoms with E-state index in [1.165, 1.54) is 12.1 Å². The molecular formula is C18H17FN2O2. The number of aromatic amines is 1. The molecule has 118 valence electrons. The molecule has 0 aliphatic heterocycles. The fourth-order valence-corrected chi connectivity index (χ4v) is 2.51. The summed E-state index contributed by atoms with van der Waals surface area (Å²) in [5.74, 6) is -0.698. The number of nitrogens with one attached hydrogen (secondary N) is 2. The van der Waals surface area contributed by atoms with Gasteiger partial charge in [0.2, 0.25) is 0 Å². The van der Waals surface area contributed by atoms with E-state index in [9.17, 15) is 9.18 Å². The van der Waals surface area contributed by atoms with Gasteiger partial charge in [0.15, 0.2) is 18.2 Å². The number of ether oxygens (including phenoxy) is 1. The van der Waals surface area contributed by atoms with Gasteiger partial charge in [-0.1, -0.05) is 30.3 Å². The van der Waals surface area contributed by atoms with E-state index in [1.807, 2.05) is 31.2 Å². The van der Waals surface area contributed by atoms with Crippen molar-refractivity contribution >= 4 is 16.8 Å². The maximum absolute atomic E-state index is 13.4. The van der Waals surface area contributed by atoms with Crippen LogP contribution in [0.5, 0.6) is 5.75 Å². The normalized spacial score (nSPS) is 10.7. The first kappa shape index (κ1) is 15.1. The van der Waals surface area contributed by atoms with Gasteiger partial charge in [-0.05, 0) is 30.7 Å². The van der Waals surface area contributed by atoms with Gasteiger partial charge >= 0.3 is 0 Å². The molecule has 1 heterocycles. The average Bonchev–Trinajstić information content (AvgIpc) is 2.87. The smallest absolute Gasteiger partial charge is 0.258 e. The summed E-state index contributed by atoms with van der Waals surface area (Å²) in [4.78, 5) is 15.2. The SMILES string of the molecule is Cc1[nH]c2ccccc2c1CNC(=O)COc1ccccc1F. The second kappa shape index (κ2) is 6.52. The summed E-state index contributed by atoms with van der Waals surface area (Å²) in [6.07, 6.45) is 0. The molecule has 4 nitrogen and oxygen atoms in total. The Morgan fingerprint density at radius 3 is 2.74 bits per heavy atom. The first-order chi connectivity index (χ1) is 11.1. The topological polar surface area (TPSA) is 54.1 Å². The van der Waals surface area contributed by atoms with Gasteiger partial charge in [-0.15, -0.1) is 0 Å². The lowest BCUT2D eigenvalue weighted by molar-refractivity contribution is -0.123. The van der Waals surface area contributed by atoms with Gasteiger partial charge in [0.1, 0.15) is 0 Å². The number of aryl methyl sites for hydroxylation is 1. The van der Waals surface area contributed by atoms with Gasteiger partial charge in [-0.2, -0.15) is 0 Å². The first-order valence-corrected chi connectivity index (χ1v) is 7.35. The largest absolute Gasteiger partial charge is 0.481 e. The number of amides is 1. The molecule has 0 fully saturated rings. The molecule has 0 radical (unpaired) electrons. The molecule has 23 heavy (non-hydrogen) atoms. The Balaban J connectivity index is 1.60. The highest BCUT2D eigenvalue weighted by molar-refractivity contribution is 5.85. The van der Waals surface area contributed by atoms with E-state index in [2.05, 4.69) is 10.3 Å². The van der Waals surface area contributed by atoms with Crippen LogP contribution in [-0.4, -0.2) is 17.5 Å². The molecule has 2 aromatic carbocycles. The third-order valence-corrected chi connectivity index (χ3v) is 3.68. The van der Waals surface area contributed by atoms with Gasteiger partial charge in [-0.3, -0.25) is 4.79 Å². The second-order valence-electron chi connectivity index (χ2n) is 5.27. The molecule has 0 unspecified atom stereocenters. The molecule has 0 saturated heterocycles. The van der Waals surface area contributed by atoms with E-state index < -0.39 is 5.82 Å². The van der Waals surface area contributed by atoms with Crippen LogP contribution < -0.4 is 10.1 Å². The zero-order valence-corrected chi connectivity index (χ0v) is 12.7. The Labute approximate surface area is 133 Å². The Kier molecular flexibility index (Phi) is 4.28. The predicted octanol–water partition coefficient (Wildman–Crippen LogP) is 3.31. The highest BCUT2D eigenvalue weighted by Crippen LogP contribution is 2.21. The number of halogens is 1. The highest BCUT2D eigenvalue weighted by Gasteiger charge is 2.10. The van der Waals surface area contributed by atoms with Gasteiger partial charge in [0.05, 0.1) is 0 Å². The molecule has 3 aromatic rings. The van der Waals surface area contributed by atoms with Crippen LogP contribution in [0.15, 0.2) is 48.5 Å². The molecule has 0 aliphatic rings. The number of fused-ring (bicyclic) bond motifs is 1. The minimum Gasteiger partial charge on any atom is -0.481 e. The lowest BCUT2D eigenvalue weighted by atomic mass is 10.1. The van der Waals surface area contributed by atoms with E-state index in [4.69, 9.17) is 4.74 Å². The van der Waals surface area contributed by atoms with Crippen molar-refractivity contribution in [3.63, 3.8) is 0 Å². The number of rotatable bonds is 5. The van der Waals surface area contributed by atoms with Gasteiger partial charge < -0.3 is 15.0 Å². The van der Waals surface area contributed by atoms with Gasteiger partial charge in [0.25, 0.3) is 5.91 Å². The van der Waals surface area contributed by atoms with Crippen LogP contribution in [0.25, 0.3) is 10.9 Å². The standard InChI is InChI=1S/C18H17FN2O2/c1-12-14(13-6-2-4-8-16(13)21-12)10-20-18(22)11-23-17-9-5-3-7-15(17)19/h2-9,21H,10-11H2,1H3,(H,20,22). The molecule has 5 heteroatoms. The van der Waals surface area contributed by atoms with Crippen LogP contribution in [-0.2, 0) is 11.3 Å². The number of hydrogen-bond acceptors (Lipinski definition) is 2. The summed E-state index contributed by atoms with van der Waals surface area (Å²) < 4.78 is 18.6. The third-order valence-electron chi connectivity index (χ3n) is 3.68. The number of benzene rings is 2. The van der Waals surface area contributed by atoms with Crippen LogP contribution in [0.4, 0.5) is 4.39 Å². The third kappa shape index (κ3) is 3.34. The van der Waals surface area contributed by atoms with Crippen LogP contribution in [0.1, 0.15) is 11.3 Å². The minimum atomic E-state index is -0.479. The Hall–Kier alpha value is -2.82. The molecule has 0 spiro atoms. The van der Waals surface area contributed by atoms with Crippen molar-refractivity contribution in [3.05, 3.63) is 65.6 Å². The molecule has 0 bridgehead atoms. The lowest BCUT2D eigenvalue weighted by Crippen LogP contribution is -2.28. The van der Waals surface area contributed by atoms with Crippen LogP contribution >= 0.6 is 0 Å². The van der Waals surface area contributed by atoms with Crippen molar-refractivity contribution in [2.24, 2.45) is 0 Å². The molecule has 1 amide bonds. The zero-order chi connectivity index (χ0) is 16.2. The molecule has 0 saturated carbocycles. The van der Waals surface area contributed by atoms with E-state index >= 15 is 0 Å². The molecule has 3 rings (SSSR count). The quantitative estimate of drug-likeness (QED) is 0.759. The summed E-state index contributed by atoms with van der Waals surface area (Å²) in [7, 11) is 0. The van der Waals surface area contributed by atoms with Crippen molar-refractivity contribution in [2.45, 2.75) is 13.5 Å². The lowest BCUT2D eigenvalue weighted by Gasteiger charge is -2.08. The maximum Gasteiger partial charge on any atom is 0.258 e. The van der Waals surface area contributed by atoms with Gasteiger partial charge in [-0.25, -0.2) is 4.39 Å². The molecule has 2 N–H and O–H groups in total. The number of aromatic nitrogens is 1. The predicted molar refractivity (Wildman–Crippen MR) is 86.8 cm³/mol. The number of hydrogen-bond donors (Lipinski definition) is 2. The summed E-state index contributed by atoms with van der Waals surface area (Å²) in [6.45, 7) is 2.15. The number of carbonyl (C=O) groups excluding carboxylic acids is 1. The fraction of sp³-hybridized carbons (Fsp3) is 0.167. The minimum absolute atomic E-state index is 0.0749. The van der Waals surface area contributed by atoms with Crippen molar-refractivity contribution in [1.29, 1.82) is 0 Å². The van der Waals surface area contributed by atoms with Crippen molar-refractivity contribution in [2.75, 3.05) is 6.61 Å². The van der Waals surface area contributed by atoms with Crippen molar-refractivity contribution in [3.8, 4) is 5.75 Å². The molecular weight excluding hydrogens is 295 g/mol. The van der Waals surface area contributed by atoms with Crippen molar-refractivity contribution < 1.29 is 13.9 Å². The van der Waals surface area contributed by atoms with Crippen LogP contribution in [0, 0.1) is 12.7 Å². The Morgan fingerprint density at radius 2 is 1.91 bits per heavy atom. The number of para-hydroxylation sites is 2. The van der Waals surface area contributed by atoms with E-state index in [-0.39, 0.29) is 18.3 Å². The Morgan fingerprint density at radius 1 is 1.17 bits per heavy atom. The fourth-order valence-electron chi connectivity index (χ4n) is 2.51. The second-order valence-corrected chi connectivity index (χ2v) is 5.27. The summed E-state index contributed by atoms with van der Waals surface area (Å²) >= 11 is 0. The van der Waals surface area contributed by atoms with Crippen molar-refractivity contribution in [1.82, 2.24) is 10.3 Å². The highest BCUT2D eigenvalue weighted by atomic mass is 19.1. The number of carbonyl (C=O) groups is 1. The average molecular weight is 312 g/mol. The monoisotopic (exact) mass is 312 g/mol. The van der Waals surface area contributed by atoms with Gasteiger partial charge in [0, 0.05) is 23.1 Å². The van der Waals surface area contributed by atoms with Crippen LogP contribution in [0.2, 0.25) is 0 Å². The summed E-state index contributed by atoms with van der Waals surface area (Å²) in [5.41, 5.74) is 3.10. The maximum atomic E-state index is 13.4. The molecule has 0 aliphatic carbocycles. The summed E-state index contributed by atoms with van der Waals surface area (Å²) in [6, 6.07) is 13.9.